The number of aliphatic hydroxyl groups excluding tert-OH is 1. The Bertz CT molecular complexity index is 735. The molecule has 1 aromatic carbocycles. The molecule has 3 rings (SSSR count). The molecule has 27 heavy (non-hydrogen) atoms. The van der Waals surface area contributed by atoms with E-state index >= 15 is 0 Å². The van der Waals surface area contributed by atoms with Crippen LogP contribution < -0.4 is 5.32 Å². The van der Waals surface area contributed by atoms with Crippen LogP contribution in [-0.2, 0) is 0 Å². The summed E-state index contributed by atoms with van der Waals surface area (Å²) in [7, 11) is 0. The van der Waals surface area contributed by atoms with Crippen molar-refractivity contribution in [2.45, 2.75) is 45.6 Å². The summed E-state index contributed by atoms with van der Waals surface area (Å²) in [5, 5.41) is 19.7. The first-order chi connectivity index (χ1) is 13.1. The second-order valence-electron chi connectivity index (χ2n) is 7.36. The van der Waals surface area contributed by atoms with E-state index in [1.165, 1.54) is 12.8 Å². The minimum absolute atomic E-state index is 0.0421. The van der Waals surface area contributed by atoms with Crippen LogP contribution in [-0.4, -0.2) is 58.4 Å². The zero-order valence-electron chi connectivity index (χ0n) is 16.3. The van der Waals surface area contributed by atoms with Gasteiger partial charge in [0, 0.05) is 36.0 Å². The van der Waals surface area contributed by atoms with E-state index in [1.807, 2.05) is 38.1 Å². The van der Waals surface area contributed by atoms with Crippen molar-refractivity contribution in [3.63, 3.8) is 0 Å². The van der Waals surface area contributed by atoms with Crippen LogP contribution >= 0.6 is 0 Å². The Balaban J connectivity index is 1.48. The Hall–Kier alpha value is -2.18. The van der Waals surface area contributed by atoms with E-state index in [9.17, 15) is 9.90 Å². The number of nitrogens with one attached hydrogen (secondary N) is 2. The predicted octanol–water partition coefficient (Wildman–Crippen LogP) is 2.66. The summed E-state index contributed by atoms with van der Waals surface area (Å²) < 4.78 is 0. The summed E-state index contributed by atoms with van der Waals surface area (Å²) in [5.74, 6) is -0.0421. The Morgan fingerprint density at radius 3 is 2.74 bits per heavy atom. The Morgan fingerprint density at radius 2 is 2.07 bits per heavy atom. The molecule has 6 nitrogen and oxygen atoms in total. The first-order valence-corrected chi connectivity index (χ1v) is 9.85. The van der Waals surface area contributed by atoms with E-state index < -0.39 is 0 Å². The third-order valence-electron chi connectivity index (χ3n) is 5.43. The van der Waals surface area contributed by atoms with Crippen molar-refractivity contribution < 1.29 is 9.90 Å². The summed E-state index contributed by atoms with van der Waals surface area (Å²) in [5.41, 5.74) is 4.83. The zero-order chi connectivity index (χ0) is 19.2. The standard InChI is InChI=1S/C21H30N4O2/c1-15-20(16(2)24-23-15)17-7-9-18(10-8-17)21(27)22-11-5-13-25-12-4-3-6-19(25)14-26/h7-10,19,26H,3-6,11-14H2,1-2H3,(H,22,27)(H,23,24)/t19-/m0/s1. The van der Waals surface area contributed by atoms with Crippen LogP contribution in [0.5, 0.6) is 0 Å². The first-order valence-electron chi connectivity index (χ1n) is 9.85. The smallest absolute Gasteiger partial charge is 0.251 e. The lowest BCUT2D eigenvalue weighted by Crippen LogP contribution is -2.43. The fourth-order valence-corrected chi connectivity index (χ4v) is 3.91. The molecule has 1 aliphatic heterocycles. The number of H-pyrrole nitrogens is 1. The summed E-state index contributed by atoms with van der Waals surface area (Å²) in [6.07, 6.45) is 4.37. The molecule has 0 aliphatic carbocycles. The topological polar surface area (TPSA) is 81.2 Å². The van der Waals surface area contributed by atoms with E-state index in [-0.39, 0.29) is 18.6 Å². The van der Waals surface area contributed by atoms with Gasteiger partial charge in [0.15, 0.2) is 0 Å². The van der Waals surface area contributed by atoms with E-state index in [0.717, 1.165) is 48.4 Å². The quantitative estimate of drug-likeness (QED) is 0.655. The number of nitrogens with zero attached hydrogens (tertiary/aromatic N) is 2. The SMILES string of the molecule is Cc1n[nH]c(C)c1-c1ccc(C(=O)NCCCN2CCCC[C@H]2CO)cc1. The van der Waals surface area contributed by atoms with Crippen LogP contribution in [0.1, 0.15) is 47.4 Å². The maximum Gasteiger partial charge on any atom is 0.251 e. The molecule has 1 amide bonds. The molecular weight excluding hydrogens is 340 g/mol. The van der Waals surface area contributed by atoms with Gasteiger partial charge in [-0.05, 0) is 57.4 Å². The summed E-state index contributed by atoms with van der Waals surface area (Å²) >= 11 is 0. The summed E-state index contributed by atoms with van der Waals surface area (Å²) in [6, 6.07) is 7.96. The lowest BCUT2D eigenvalue weighted by atomic mass is 10.0. The van der Waals surface area contributed by atoms with Crippen molar-refractivity contribution in [3.8, 4) is 11.1 Å². The molecule has 0 radical (unpaired) electrons. The number of hydrogen-bond acceptors (Lipinski definition) is 4. The lowest BCUT2D eigenvalue weighted by Gasteiger charge is -2.34. The minimum Gasteiger partial charge on any atom is -0.395 e. The molecule has 1 fully saturated rings. The van der Waals surface area contributed by atoms with Crippen LogP contribution in [0.25, 0.3) is 11.1 Å². The molecule has 0 unspecified atom stereocenters. The average Bonchev–Trinajstić information content (AvgIpc) is 3.03. The van der Waals surface area contributed by atoms with Gasteiger partial charge in [-0.1, -0.05) is 18.6 Å². The second-order valence-corrected chi connectivity index (χ2v) is 7.36. The fourth-order valence-electron chi connectivity index (χ4n) is 3.91. The van der Waals surface area contributed by atoms with E-state index in [2.05, 4.69) is 20.4 Å². The third-order valence-corrected chi connectivity index (χ3v) is 5.43. The number of benzene rings is 1. The maximum absolute atomic E-state index is 12.4. The van der Waals surface area contributed by atoms with Gasteiger partial charge in [-0.3, -0.25) is 14.8 Å². The maximum atomic E-state index is 12.4. The number of aliphatic hydroxyl groups is 1. The predicted molar refractivity (Wildman–Crippen MR) is 107 cm³/mol. The Morgan fingerprint density at radius 1 is 1.30 bits per heavy atom. The number of aromatic nitrogens is 2. The van der Waals surface area contributed by atoms with Crippen LogP contribution in [0.3, 0.4) is 0 Å². The highest BCUT2D eigenvalue weighted by Crippen LogP contribution is 2.25. The molecule has 1 saturated heterocycles. The van der Waals surface area contributed by atoms with E-state index in [1.54, 1.807) is 0 Å². The molecule has 0 saturated carbocycles. The van der Waals surface area contributed by atoms with Crippen molar-refractivity contribution in [1.82, 2.24) is 20.4 Å². The average molecular weight is 370 g/mol. The molecule has 1 atom stereocenters. The van der Waals surface area contributed by atoms with Crippen molar-refractivity contribution in [3.05, 3.63) is 41.2 Å². The van der Waals surface area contributed by atoms with Crippen LogP contribution in [0, 0.1) is 13.8 Å². The number of amides is 1. The van der Waals surface area contributed by atoms with Crippen molar-refractivity contribution >= 4 is 5.91 Å². The number of hydrogen-bond donors (Lipinski definition) is 3. The summed E-state index contributed by atoms with van der Waals surface area (Å²) in [6.45, 7) is 6.82. The third kappa shape index (κ3) is 4.76. The molecule has 1 aliphatic rings. The van der Waals surface area contributed by atoms with Gasteiger partial charge in [0.1, 0.15) is 0 Å². The number of carbonyl (C=O) groups is 1. The van der Waals surface area contributed by atoms with Gasteiger partial charge < -0.3 is 10.4 Å². The summed E-state index contributed by atoms with van der Waals surface area (Å²) in [4.78, 5) is 14.7. The lowest BCUT2D eigenvalue weighted by molar-refractivity contribution is 0.0868. The Kier molecular flexibility index (Phi) is 6.63. The van der Waals surface area contributed by atoms with Gasteiger partial charge in [-0.25, -0.2) is 0 Å². The van der Waals surface area contributed by atoms with Gasteiger partial charge in [0.2, 0.25) is 0 Å². The highest BCUT2D eigenvalue weighted by molar-refractivity contribution is 5.94. The van der Waals surface area contributed by atoms with Crippen molar-refractivity contribution in [2.24, 2.45) is 0 Å². The van der Waals surface area contributed by atoms with Gasteiger partial charge in [-0.15, -0.1) is 0 Å². The number of aromatic amines is 1. The zero-order valence-corrected chi connectivity index (χ0v) is 16.3. The van der Waals surface area contributed by atoms with Crippen LogP contribution in [0.2, 0.25) is 0 Å². The van der Waals surface area contributed by atoms with E-state index in [0.29, 0.717) is 12.1 Å². The molecular formula is C21H30N4O2. The monoisotopic (exact) mass is 370 g/mol. The van der Waals surface area contributed by atoms with Crippen LogP contribution in [0.15, 0.2) is 24.3 Å². The minimum atomic E-state index is -0.0421. The van der Waals surface area contributed by atoms with Crippen molar-refractivity contribution in [2.75, 3.05) is 26.2 Å². The number of carbonyl (C=O) groups excluding carboxylic acids is 1. The largest absolute Gasteiger partial charge is 0.395 e. The van der Waals surface area contributed by atoms with Gasteiger partial charge >= 0.3 is 0 Å². The molecule has 2 heterocycles. The number of rotatable bonds is 7. The van der Waals surface area contributed by atoms with Crippen molar-refractivity contribution in [1.29, 1.82) is 0 Å². The highest BCUT2D eigenvalue weighted by atomic mass is 16.3. The molecule has 2 aromatic rings. The molecule has 3 N–H and O–H groups in total. The normalized spacial score (nSPS) is 17.8. The first kappa shape index (κ1) is 19.6. The number of aryl methyl sites for hydroxylation is 2. The molecule has 0 bridgehead atoms. The number of likely N-dealkylation sites (tertiary alicyclic amines) is 1. The molecule has 6 heteroatoms. The molecule has 1 aromatic heterocycles. The second kappa shape index (κ2) is 9.15. The highest BCUT2D eigenvalue weighted by Gasteiger charge is 2.20. The molecule has 0 spiro atoms. The van der Waals surface area contributed by atoms with Gasteiger partial charge in [0.05, 0.1) is 12.3 Å². The fraction of sp³-hybridized carbons (Fsp3) is 0.524. The van der Waals surface area contributed by atoms with E-state index in [4.69, 9.17) is 0 Å². The molecule has 146 valence electrons. The van der Waals surface area contributed by atoms with Gasteiger partial charge in [0.25, 0.3) is 5.91 Å². The Labute approximate surface area is 161 Å². The number of piperidine rings is 1. The van der Waals surface area contributed by atoms with Crippen LogP contribution in [0.4, 0.5) is 0 Å². The van der Waals surface area contributed by atoms with Gasteiger partial charge in [-0.2, -0.15) is 5.10 Å².